The molecule has 2 aromatic rings. The van der Waals surface area contributed by atoms with Crippen LogP contribution in [0.25, 0.3) is 0 Å². The quantitative estimate of drug-likeness (QED) is 0.628. The molecule has 0 radical (unpaired) electrons. The van der Waals surface area contributed by atoms with Gasteiger partial charge in [-0.3, -0.25) is 4.79 Å². The summed E-state index contributed by atoms with van der Waals surface area (Å²) in [4.78, 5) is 12.2. The van der Waals surface area contributed by atoms with Crippen molar-refractivity contribution in [1.82, 2.24) is 0 Å². The molecule has 0 amide bonds. The van der Waals surface area contributed by atoms with Crippen LogP contribution in [0.3, 0.4) is 0 Å². The van der Waals surface area contributed by atoms with Gasteiger partial charge in [-0.15, -0.1) is 0 Å². The van der Waals surface area contributed by atoms with E-state index in [0.29, 0.717) is 16.9 Å². The highest BCUT2D eigenvalue weighted by atomic mass is 127. The Labute approximate surface area is 111 Å². The van der Waals surface area contributed by atoms with Crippen LogP contribution in [0.2, 0.25) is 0 Å². The van der Waals surface area contributed by atoms with E-state index in [2.05, 4.69) is 22.6 Å². The lowest BCUT2D eigenvalue weighted by Gasteiger charge is -2.07. The number of benzene rings is 1. The summed E-state index contributed by atoms with van der Waals surface area (Å²) in [5.74, 6) is 0.633. The van der Waals surface area contributed by atoms with Gasteiger partial charge in [0.05, 0.1) is 12.7 Å². The van der Waals surface area contributed by atoms with E-state index in [1.165, 1.54) is 11.3 Å². The maximum absolute atomic E-state index is 12.2. The van der Waals surface area contributed by atoms with Crippen molar-refractivity contribution in [2.75, 3.05) is 7.11 Å². The third kappa shape index (κ3) is 2.27. The number of carbonyl (C=O) groups is 1. The van der Waals surface area contributed by atoms with Gasteiger partial charge >= 0.3 is 0 Å². The van der Waals surface area contributed by atoms with Gasteiger partial charge in [0.15, 0.2) is 5.78 Å². The molecule has 16 heavy (non-hydrogen) atoms. The number of rotatable bonds is 3. The molecule has 1 aromatic heterocycles. The second-order valence-corrected chi connectivity index (χ2v) is 5.21. The highest BCUT2D eigenvalue weighted by Crippen LogP contribution is 2.24. The van der Waals surface area contributed by atoms with Crippen molar-refractivity contribution in [2.24, 2.45) is 0 Å². The van der Waals surface area contributed by atoms with Crippen molar-refractivity contribution in [1.29, 1.82) is 0 Å². The number of ketones is 1. The molecule has 0 atom stereocenters. The van der Waals surface area contributed by atoms with Gasteiger partial charge in [0.25, 0.3) is 0 Å². The van der Waals surface area contributed by atoms with E-state index in [1.54, 1.807) is 7.11 Å². The minimum absolute atomic E-state index is 0.0108. The average molecular weight is 344 g/mol. The van der Waals surface area contributed by atoms with E-state index in [4.69, 9.17) is 4.74 Å². The topological polar surface area (TPSA) is 26.3 Å². The minimum Gasteiger partial charge on any atom is -0.496 e. The fraction of sp³-hybridized carbons (Fsp3) is 0.0833. The standard InChI is InChI=1S/C12H9IO2S/c1-15-11-3-2-9(13)6-10(11)12(14)8-4-5-16-7-8/h2-7H,1H3. The minimum atomic E-state index is 0.0108. The second kappa shape index (κ2) is 4.97. The number of hydrogen-bond donors (Lipinski definition) is 0. The van der Waals surface area contributed by atoms with Gasteiger partial charge in [0.2, 0.25) is 0 Å². The molecule has 2 nitrogen and oxygen atoms in total. The van der Waals surface area contributed by atoms with Gasteiger partial charge in [-0.2, -0.15) is 11.3 Å². The molecular formula is C12H9IO2S. The molecule has 0 spiro atoms. The summed E-state index contributed by atoms with van der Waals surface area (Å²) < 4.78 is 6.22. The molecule has 1 heterocycles. The lowest BCUT2D eigenvalue weighted by molar-refractivity contribution is 0.103. The maximum Gasteiger partial charge on any atom is 0.197 e. The Balaban J connectivity index is 2.47. The predicted molar refractivity (Wildman–Crippen MR) is 73.5 cm³/mol. The zero-order valence-electron chi connectivity index (χ0n) is 8.57. The van der Waals surface area contributed by atoms with Gasteiger partial charge in [-0.25, -0.2) is 0 Å². The molecular weight excluding hydrogens is 335 g/mol. The largest absolute Gasteiger partial charge is 0.496 e. The van der Waals surface area contributed by atoms with Crippen LogP contribution in [0.4, 0.5) is 0 Å². The summed E-state index contributed by atoms with van der Waals surface area (Å²) in [6.45, 7) is 0. The van der Waals surface area contributed by atoms with Crippen molar-refractivity contribution < 1.29 is 9.53 Å². The van der Waals surface area contributed by atoms with Crippen molar-refractivity contribution >= 4 is 39.7 Å². The van der Waals surface area contributed by atoms with E-state index in [9.17, 15) is 4.79 Å². The molecule has 0 aliphatic heterocycles. The number of methoxy groups -OCH3 is 1. The number of hydrogen-bond acceptors (Lipinski definition) is 3. The molecule has 82 valence electrons. The van der Waals surface area contributed by atoms with Gasteiger partial charge in [-0.1, -0.05) is 0 Å². The Morgan fingerprint density at radius 3 is 2.81 bits per heavy atom. The van der Waals surface area contributed by atoms with E-state index < -0.39 is 0 Å². The summed E-state index contributed by atoms with van der Waals surface area (Å²) in [6.07, 6.45) is 0. The Morgan fingerprint density at radius 1 is 1.38 bits per heavy atom. The zero-order valence-corrected chi connectivity index (χ0v) is 11.5. The Bertz CT molecular complexity index is 506. The first-order valence-corrected chi connectivity index (χ1v) is 6.65. The summed E-state index contributed by atoms with van der Waals surface area (Å²) in [7, 11) is 1.58. The van der Waals surface area contributed by atoms with Crippen LogP contribution in [-0.2, 0) is 0 Å². The lowest BCUT2D eigenvalue weighted by atomic mass is 10.1. The predicted octanol–water partition coefficient (Wildman–Crippen LogP) is 3.59. The fourth-order valence-corrected chi connectivity index (χ4v) is 2.53. The van der Waals surface area contributed by atoms with Gasteiger partial charge in [0.1, 0.15) is 5.75 Å². The monoisotopic (exact) mass is 344 g/mol. The Hall–Kier alpha value is -0.880. The van der Waals surface area contributed by atoms with Crippen molar-refractivity contribution in [2.45, 2.75) is 0 Å². The van der Waals surface area contributed by atoms with Crippen molar-refractivity contribution in [3.05, 3.63) is 49.7 Å². The number of halogens is 1. The fourth-order valence-electron chi connectivity index (χ4n) is 1.41. The maximum atomic E-state index is 12.2. The van der Waals surface area contributed by atoms with Crippen molar-refractivity contribution in [3.8, 4) is 5.75 Å². The normalized spacial score (nSPS) is 10.1. The molecule has 0 saturated heterocycles. The van der Waals surface area contributed by atoms with E-state index in [0.717, 1.165) is 3.57 Å². The smallest absolute Gasteiger partial charge is 0.197 e. The first-order valence-electron chi connectivity index (χ1n) is 4.63. The molecule has 0 fully saturated rings. The van der Waals surface area contributed by atoms with E-state index in [1.807, 2.05) is 35.0 Å². The molecule has 0 N–H and O–H groups in total. The summed E-state index contributed by atoms with van der Waals surface area (Å²) in [6, 6.07) is 7.41. The number of carbonyl (C=O) groups excluding carboxylic acids is 1. The first kappa shape index (κ1) is 11.6. The molecule has 1 aromatic carbocycles. The molecule has 0 saturated carbocycles. The van der Waals surface area contributed by atoms with Crippen LogP contribution in [0.5, 0.6) is 5.75 Å². The third-order valence-electron chi connectivity index (χ3n) is 2.19. The summed E-state index contributed by atoms with van der Waals surface area (Å²) in [5.41, 5.74) is 1.33. The number of thiophene rings is 1. The molecule has 4 heteroatoms. The highest BCUT2D eigenvalue weighted by Gasteiger charge is 2.14. The zero-order chi connectivity index (χ0) is 11.5. The van der Waals surface area contributed by atoms with Crippen LogP contribution in [0.15, 0.2) is 35.0 Å². The van der Waals surface area contributed by atoms with Crippen LogP contribution in [0, 0.1) is 3.57 Å². The third-order valence-corrected chi connectivity index (χ3v) is 3.54. The van der Waals surface area contributed by atoms with Crippen LogP contribution < -0.4 is 4.74 Å². The molecule has 0 aliphatic carbocycles. The highest BCUT2D eigenvalue weighted by molar-refractivity contribution is 14.1. The van der Waals surface area contributed by atoms with Gasteiger partial charge in [0, 0.05) is 14.5 Å². The molecule has 0 aliphatic rings. The SMILES string of the molecule is COc1ccc(I)cc1C(=O)c1ccsc1. The van der Waals surface area contributed by atoms with Gasteiger partial charge < -0.3 is 4.74 Å². The second-order valence-electron chi connectivity index (χ2n) is 3.19. The van der Waals surface area contributed by atoms with Gasteiger partial charge in [-0.05, 0) is 52.2 Å². The summed E-state index contributed by atoms with van der Waals surface area (Å²) >= 11 is 3.70. The summed E-state index contributed by atoms with van der Waals surface area (Å²) in [5, 5.41) is 3.75. The number of ether oxygens (including phenoxy) is 1. The van der Waals surface area contributed by atoms with Crippen molar-refractivity contribution in [3.63, 3.8) is 0 Å². The van der Waals surface area contributed by atoms with E-state index in [-0.39, 0.29) is 5.78 Å². The van der Waals surface area contributed by atoms with Crippen LogP contribution in [0.1, 0.15) is 15.9 Å². The first-order chi connectivity index (χ1) is 7.72. The Morgan fingerprint density at radius 2 is 2.19 bits per heavy atom. The molecule has 2 rings (SSSR count). The molecule has 0 bridgehead atoms. The van der Waals surface area contributed by atoms with Crippen LogP contribution >= 0.6 is 33.9 Å². The average Bonchev–Trinajstić information content (AvgIpc) is 2.81. The van der Waals surface area contributed by atoms with Crippen LogP contribution in [-0.4, -0.2) is 12.9 Å². The van der Waals surface area contributed by atoms with E-state index >= 15 is 0 Å². The Kier molecular flexibility index (Phi) is 3.60. The lowest BCUT2D eigenvalue weighted by Crippen LogP contribution is -2.03. The molecule has 0 unspecified atom stereocenters.